The molecule has 1 aliphatic heterocycles. The fourth-order valence-electron chi connectivity index (χ4n) is 2.40. The summed E-state index contributed by atoms with van der Waals surface area (Å²) in [5.74, 6) is 0.526. The van der Waals surface area contributed by atoms with Gasteiger partial charge in [0.2, 0.25) is 5.91 Å². The molecule has 1 fully saturated rings. The topological polar surface area (TPSA) is 100 Å². The van der Waals surface area contributed by atoms with Gasteiger partial charge in [0.25, 0.3) is 5.69 Å². The number of piperazine rings is 1. The molecule has 1 amide bonds. The second-order valence-corrected chi connectivity index (χ2v) is 4.84. The van der Waals surface area contributed by atoms with Crippen molar-refractivity contribution in [1.82, 2.24) is 15.6 Å². The van der Waals surface area contributed by atoms with Crippen molar-refractivity contribution in [3.8, 4) is 0 Å². The van der Waals surface area contributed by atoms with Crippen LogP contribution in [0.1, 0.15) is 12.6 Å². The summed E-state index contributed by atoms with van der Waals surface area (Å²) in [5.41, 5.74) is 0.342. The summed E-state index contributed by atoms with van der Waals surface area (Å²) in [5, 5.41) is 16.8. The Morgan fingerprint density at radius 1 is 1.62 bits per heavy atom. The average Bonchev–Trinajstić information content (AvgIpc) is 2.47. The lowest BCUT2D eigenvalue weighted by molar-refractivity contribution is -0.385. The molecule has 1 aliphatic rings. The molecule has 114 valence electrons. The van der Waals surface area contributed by atoms with E-state index in [1.807, 2.05) is 11.8 Å². The fraction of sp³-hybridized carbons (Fsp3) is 0.538. The van der Waals surface area contributed by atoms with Gasteiger partial charge in [-0.2, -0.15) is 0 Å². The largest absolute Gasteiger partial charge is 0.355 e. The standard InChI is InChI=1S/C13H19N5O3/c1-3-15-13(19)11-8-14-6-7-17(11)12-5-4-10(18(20)21)9(2)16-12/h4-5,11,14H,3,6-8H2,1-2H3,(H,15,19). The Hall–Kier alpha value is -2.22. The Bertz CT molecular complexity index is 549. The zero-order chi connectivity index (χ0) is 15.4. The highest BCUT2D eigenvalue weighted by Gasteiger charge is 2.29. The minimum absolute atomic E-state index is 0.0107. The van der Waals surface area contributed by atoms with Crippen LogP contribution in [-0.4, -0.2) is 48.0 Å². The summed E-state index contributed by atoms with van der Waals surface area (Å²) in [6, 6.07) is 2.68. The van der Waals surface area contributed by atoms with E-state index in [1.165, 1.54) is 6.07 Å². The number of anilines is 1. The van der Waals surface area contributed by atoms with Crippen LogP contribution >= 0.6 is 0 Å². The quantitative estimate of drug-likeness (QED) is 0.608. The molecule has 1 unspecified atom stereocenters. The number of likely N-dealkylation sites (N-methyl/N-ethyl adjacent to an activating group) is 1. The molecule has 1 atom stereocenters. The van der Waals surface area contributed by atoms with E-state index in [4.69, 9.17) is 0 Å². The Morgan fingerprint density at radius 3 is 3.00 bits per heavy atom. The van der Waals surface area contributed by atoms with Gasteiger partial charge in [-0.3, -0.25) is 14.9 Å². The summed E-state index contributed by atoms with van der Waals surface area (Å²) in [4.78, 5) is 28.7. The van der Waals surface area contributed by atoms with Crippen LogP contribution in [0.3, 0.4) is 0 Å². The van der Waals surface area contributed by atoms with E-state index in [0.29, 0.717) is 31.1 Å². The SMILES string of the molecule is CCNC(=O)C1CNCCN1c1ccc([N+](=O)[O-])c(C)n1. The van der Waals surface area contributed by atoms with Gasteiger partial charge in [-0.05, 0) is 19.9 Å². The van der Waals surface area contributed by atoms with Gasteiger partial charge >= 0.3 is 0 Å². The molecular formula is C13H19N5O3. The molecule has 8 nitrogen and oxygen atoms in total. The van der Waals surface area contributed by atoms with Crippen molar-refractivity contribution >= 4 is 17.4 Å². The first kappa shape index (κ1) is 15.2. The normalized spacial score (nSPS) is 18.4. The molecule has 2 heterocycles. The lowest BCUT2D eigenvalue weighted by atomic mass is 10.1. The van der Waals surface area contributed by atoms with Gasteiger partial charge in [0, 0.05) is 32.2 Å². The molecule has 0 radical (unpaired) electrons. The van der Waals surface area contributed by atoms with Crippen LogP contribution in [0.5, 0.6) is 0 Å². The number of nitrogens with one attached hydrogen (secondary N) is 2. The number of carbonyl (C=O) groups excluding carboxylic acids is 1. The highest BCUT2D eigenvalue weighted by Crippen LogP contribution is 2.22. The molecule has 0 saturated carbocycles. The molecule has 0 aliphatic carbocycles. The summed E-state index contributed by atoms with van der Waals surface area (Å²) < 4.78 is 0. The van der Waals surface area contributed by atoms with Crippen molar-refractivity contribution < 1.29 is 9.72 Å². The van der Waals surface area contributed by atoms with Gasteiger partial charge in [0.1, 0.15) is 17.6 Å². The molecule has 2 rings (SSSR count). The van der Waals surface area contributed by atoms with Crippen LogP contribution in [0, 0.1) is 17.0 Å². The smallest absolute Gasteiger partial charge is 0.290 e. The predicted octanol–water partition coefficient (Wildman–Crippen LogP) is 0.213. The first-order valence-corrected chi connectivity index (χ1v) is 6.91. The second kappa shape index (κ2) is 6.49. The van der Waals surface area contributed by atoms with Crippen LogP contribution < -0.4 is 15.5 Å². The molecule has 8 heteroatoms. The van der Waals surface area contributed by atoms with Crippen molar-refractivity contribution in [1.29, 1.82) is 0 Å². The van der Waals surface area contributed by atoms with E-state index in [2.05, 4.69) is 15.6 Å². The molecule has 2 N–H and O–H groups in total. The molecule has 0 bridgehead atoms. The van der Waals surface area contributed by atoms with Gasteiger partial charge in [-0.1, -0.05) is 0 Å². The zero-order valence-electron chi connectivity index (χ0n) is 12.1. The first-order chi connectivity index (χ1) is 10.0. The lowest BCUT2D eigenvalue weighted by Crippen LogP contribution is -2.58. The second-order valence-electron chi connectivity index (χ2n) is 4.84. The number of aromatic nitrogens is 1. The fourth-order valence-corrected chi connectivity index (χ4v) is 2.40. The summed E-state index contributed by atoms with van der Waals surface area (Å²) in [7, 11) is 0. The van der Waals surface area contributed by atoms with Crippen molar-refractivity contribution in [3.63, 3.8) is 0 Å². The molecule has 1 saturated heterocycles. The number of amides is 1. The number of pyridine rings is 1. The number of hydrogen-bond acceptors (Lipinski definition) is 6. The zero-order valence-corrected chi connectivity index (χ0v) is 12.1. The number of aryl methyl sites for hydroxylation is 1. The summed E-state index contributed by atoms with van der Waals surface area (Å²) in [6.07, 6.45) is 0. The van der Waals surface area contributed by atoms with Crippen LogP contribution in [-0.2, 0) is 4.79 Å². The maximum Gasteiger partial charge on any atom is 0.290 e. The number of rotatable bonds is 4. The lowest BCUT2D eigenvalue weighted by Gasteiger charge is -2.36. The number of nitro groups is 1. The first-order valence-electron chi connectivity index (χ1n) is 6.91. The molecule has 0 aromatic carbocycles. The Kier molecular flexibility index (Phi) is 4.69. The van der Waals surface area contributed by atoms with Gasteiger partial charge in [-0.15, -0.1) is 0 Å². The molecule has 21 heavy (non-hydrogen) atoms. The highest BCUT2D eigenvalue weighted by molar-refractivity contribution is 5.85. The van der Waals surface area contributed by atoms with Crippen molar-refractivity contribution in [2.45, 2.75) is 19.9 Å². The van der Waals surface area contributed by atoms with Crippen molar-refractivity contribution in [2.75, 3.05) is 31.1 Å². The third-order valence-corrected chi connectivity index (χ3v) is 3.43. The minimum Gasteiger partial charge on any atom is -0.355 e. The van der Waals surface area contributed by atoms with Crippen molar-refractivity contribution in [3.05, 3.63) is 27.9 Å². The summed E-state index contributed by atoms with van der Waals surface area (Å²) in [6.45, 7) is 5.94. The number of nitrogens with zero attached hydrogens (tertiary/aromatic N) is 3. The van der Waals surface area contributed by atoms with Gasteiger partial charge in [-0.25, -0.2) is 4.98 Å². The molecule has 1 aromatic heterocycles. The van der Waals surface area contributed by atoms with Crippen LogP contribution in [0.2, 0.25) is 0 Å². The number of hydrogen-bond donors (Lipinski definition) is 2. The van der Waals surface area contributed by atoms with E-state index in [-0.39, 0.29) is 17.6 Å². The summed E-state index contributed by atoms with van der Waals surface area (Å²) >= 11 is 0. The van der Waals surface area contributed by atoms with Crippen LogP contribution in [0.25, 0.3) is 0 Å². The molecular weight excluding hydrogens is 274 g/mol. The number of carbonyl (C=O) groups is 1. The maximum absolute atomic E-state index is 12.1. The highest BCUT2D eigenvalue weighted by atomic mass is 16.6. The third kappa shape index (κ3) is 3.27. The van der Waals surface area contributed by atoms with Gasteiger partial charge < -0.3 is 15.5 Å². The Balaban J connectivity index is 2.27. The average molecular weight is 293 g/mol. The van der Waals surface area contributed by atoms with E-state index >= 15 is 0 Å². The van der Waals surface area contributed by atoms with E-state index in [9.17, 15) is 14.9 Å². The van der Waals surface area contributed by atoms with E-state index in [0.717, 1.165) is 6.54 Å². The monoisotopic (exact) mass is 293 g/mol. The van der Waals surface area contributed by atoms with Crippen LogP contribution in [0.15, 0.2) is 12.1 Å². The third-order valence-electron chi connectivity index (χ3n) is 3.43. The van der Waals surface area contributed by atoms with Crippen molar-refractivity contribution in [2.24, 2.45) is 0 Å². The van der Waals surface area contributed by atoms with Crippen LogP contribution in [0.4, 0.5) is 11.5 Å². The maximum atomic E-state index is 12.1. The Labute approximate surface area is 122 Å². The van der Waals surface area contributed by atoms with E-state index < -0.39 is 4.92 Å². The van der Waals surface area contributed by atoms with Gasteiger partial charge in [0.05, 0.1) is 4.92 Å². The van der Waals surface area contributed by atoms with E-state index in [1.54, 1.807) is 13.0 Å². The molecule has 0 spiro atoms. The minimum atomic E-state index is -0.453. The predicted molar refractivity (Wildman–Crippen MR) is 78.3 cm³/mol. The molecule has 1 aromatic rings. The Morgan fingerprint density at radius 2 is 2.38 bits per heavy atom. The van der Waals surface area contributed by atoms with Gasteiger partial charge in [0.15, 0.2) is 0 Å².